The van der Waals surface area contributed by atoms with E-state index in [1.54, 1.807) is 38.8 Å². The molecule has 2 amide bonds. The number of benzene rings is 1. The third-order valence-electron chi connectivity index (χ3n) is 7.48. The molecule has 0 saturated carbocycles. The van der Waals surface area contributed by atoms with Crippen LogP contribution in [0.3, 0.4) is 0 Å². The summed E-state index contributed by atoms with van der Waals surface area (Å²) in [5.41, 5.74) is 0.887. The van der Waals surface area contributed by atoms with Gasteiger partial charge in [-0.3, -0.25) is 9.69 Å². The summed E-state index contributed by atoms with van der Waals surface area (Å²) in [6.07, 6.45) is -1.18. The average Bonchev–Trinajstić information content (AvgIpc) is 3.60. The number of unbranched alkanes of at least 4 members (excludes halogenated alkanes) is 2. The molecule has 1 fully saturated rings. The first-order valence-corrected chi connectivity index (χ1v) is 15.4. The quantitative estimate of drug-likeness (QED) is 0.179. The zero-order valence-corrected chi connectivity index (χ0v) is 26.8. The number of carbonyl (C=O) groups is 2. The van der Waals surface area contributed by atoms with Crippen molar-refractivity contribution in [3.05, 3.63) is 53.1 Å². The van der Waals surface area contributed by atoms with Gasteiger partial charge in [-0.2, -0.15) is 13.2 Å². The number of rotatable bonds is 9. The number of pyridine rings is 1. The highest BCUT2D eigenvalue weighted by Gasteiger charge is 2.44. The Balaban J connectivity index is 1.67. The van der Waals surface area contributed by atoms with E-state index >= 15 is 0 Å². The maximum Gasteiger partial charge on any atom is 0.434 e. The maximum absolute atomic E-state index is 13.6. The summed E-state index contributed by atoms with van der Waals surface area (Å²) in [5, 5.41) is 1.74. The highest BCUT2D eigenvalue weighted by Crippen LogP contribution is 2.38. The highest BCUT2D eigenvalue weighted by molar-refractivity contribution is 7.13. The lowest BCUT2D eigenvalue weighted by Gasteiger charge is -2.30. The number of aryl methyl sites for hydroxylation is 2. The van der Waals surface area contributed by atoms with Gasteiger partial charge in [0.15, 0.2) is 5.69 Å². The van der Waals surface area contributed by atoms with Gasteiger partial charge in [0.2, 0.25) is 5.91 Å². The van der Waals surface area contributed by atoms with Crippen LogP contribution in [-0.4, -0.2) is 69.7 Å². The Kier molecular flexibility index (Phi) is 9.92. The van der Waals surface area contributed by atoms with Crippen LogP contribution >= 0.6 is 11.3 Å². The van der Waals surface area contributed by atoms with Crippen LogP contribution in [0.2, 0.25) is 0 Å². The minimum atomic E-state index is -4.58. The lowest BCUT2D eigenvalue weighted by Crippen LogP contribution is -2.48. The van der Waals surface area contributed by atoms with E-state index in [0.717, 1.165) is 47.1 Å². The molecule has 2 aromatic heterocycles. The molecule has 44 heavy (non-hydrogen) atoms. The number of thiazole rings is 1. The Bertz CT molecular complexity index is 1530. The molecule has 0 spiro atoms. The van der Waals surface area contributed by atoms with Crippen molar-refractivity contribution in [3.8, 4) is 16.5 Å². The molecule has 1 unspecified atom stereocenters. The summed E-state index contributed by atoms with van der Waals surface area (Å²) in [6.45, 7) is 13.4. The second kappa shape index (κ2) is 13.1. The zero-order chi connectivity index (χ0) is 32.4. The van der Waals surface area contributed by atoms with Gasteiger partial charge in [-0.1, -0.05) is 12.1 Å². The number of hydrogen-bond donors (Lipinski definition) is 0. The van der Waals surface area contributed by atoms with Crippen LogP contribution in [0.5, 0.6) is 5.75 Å². The second-order valence-electron chi connectivity index (χ2n) is 12.1. The molecular formula is C32H39F3N4O4S. The van der Waals surface area contributed by atoms with E-state index in [-0.39, 0.29) is 29.6 Å². The second-order valence-corrected chi connectivity index (χ2v) is 13.0. The Hall–Kier alpha value is -3.67. The third-order valence-corrected chi connectivity index (χ3v) is 8.34. The van der Waals surface area contributed by atoms with Crippen molar-refractivity contribution in [2.24, 2.45) is 0 Å². The van der Waals surface area contributed by atoms with Crippen LogP contribution in [0.1, 0.15) is 63.3 Å². The molecule has 1 saturated heterocycles. The van der Waals surface area contributed by atoms with Gasteiger partial charge in [0.05, 0.1) is 12.1 Å². The molecule has 1 aromatic carbocycles. The molecule has 0 radical (unpaired) electrons. The van der Waals surface area contributed by atoms with E-state index in [4.69, 9.17) is 9.47 Å². The SMILES string of the molecule is C=CCCCCN(C)C(=O)[C@H]1CC(Oc2cc(-c3nc(C(F)(F)F)cs3)nc3c(C)c(C)ccc23)CN1C(=O)OC(C)(C)C. The van der Waals surface area contributed by atoms with Crippen LogP contribution < -0.4 is 4.74 Å². The van der Waals surface area contributed by atoms with E-state index in [1.165, 1.54) is 4.90 Å². The lowest BCUT2D eigenvalue weighted by molar-refractivity contribution is -0.140. The summed E-state index contributed by atoms with van der Waals surface area (Å²) in [7, 11) is 1.72. The fourth-order valence-electron chi connectivity index (χ4n) is 5.05. The number of alkyl halides is 3. The number of fused-ring (bicyclic) bond motifs is 1. The van der Waals surface area contributed by atoms with Gasteiger partial charge in [-0.05, 0) is 71.1 Å². The highest BCUT2D eigenvalue weighted by atomic mass is 32.1. The summed E-state index contributed by atoms with van der Waals surface area (Å²) >= 11 is 0.852. The monoisotopic (exact) mass is 632 g/mol. The van der Waals surface area contributed by atoms with Crippen molar-refractivity contribution in [1.82, 2.24) is 19.8 Å². The van der Waals surface area contributed by atoms with Crippen molar-refractivity contribution in [3.63, 3.8) is 0 Å². The molecule has 3 aromatic rings. The summed E-state index contributed by atoms with van der Waals surface area (Å²) in [4.78, 5) is 38.4. The fraction of sp³-hybridized carbons (Fsp3) is 0.500. The Labute approximate surface area is 259 Å². The molecule has 0 N–H and O–H groups in total. The van der Waals surface area contributed by atoms with Gasteiger partial charge < -0.3 is 14.4 Å². The zero-order valence-electron chi connectivity index (χ0n) is 26.0. The summed E-state index contributed by atoms with van der Waals surface area (Å²) in [5.74, 6) is 0.173. The number of likely N-dealkylation sites (tertiary alicyclic amines) is 1. The predicted molar refractivity (Wildman–Crippen MR) is 165 cm³/mol. The van der Waals surface area contributed by atoms with Gasteiger partial charge in [0.25, 0.3) is 0 Å². The van der Waals surface area contributed by atoms with Gasteiger partial charge in [0.1, 0.15) is 34.2 Å². The number of amides is 2. The predicted octanol–water partition coefficient (Wildman–Crippen LogP) is 7.57. The smallest absolute Gasteiger partial charge is 0.434 e. The van der Waals surface area contributed by atoms with E-state index in [1.807, 2.05) is 32.1 Å². The Morgan fingerprint density at radius 3 is 2.55 bits per heavy atom. The number of carbonyl (C=O) groups excluding carboxylic acids is 2. The van der Waals surface area contributed by atoms with E-state index in [2.05, 4.69) is 16.5 Å². The normalized spacial score (nSPS) is 17.2. The van der Waals surface area contributed by atoms with Crippen molar-refractivity contribution in [2.75, 3.05) is 20.1 Å². The number of hydrogen-bond acceptors (Lipinski definition) is 7. The number of likely N-dealkylation sites (N-methyl/N-ethyl adjacent to an activating group) is 1. The largest absolute Gasteiger partial charge is 0.488 e. The molecule has 4 rings (SSSR count). The fourth-order valence-corrected chi connectivity index (χ4v) is 5.83. The van der Waals surface area contributed by atoms with Crippen LogP contribution in [0.15, 0.2) is 36.2 Å². The molecule has 8 nitrogen and oxygen atoms in total. The Morgan fingerprint density at radius 1 is 1.18 bits per heavy atom. The lowest BCUT2D eigenvalue weighted by atomic mass is 10.0. The number of allylic oxidation sites excluding steroid dienone is 1. The third kappa shape index (κ3) is 7.69. The van der Waals surface area contributed by atoms with E-state index in [0.29, 0.717) is 23.2 Å². The molecule has 12 heteroatoms. The molecule has 1 aliphatic heterocycles. The van der Waals surface area contributed by atoms with Crippen molar-refractivity contribution in [1.29, 1.82) is 0 Å². The van der Waals surface area contributed by atoms with E-state index < -0.39 is 35.7 Å². The van der Waals surface area contributed by atoms with Crippen molar-refractivity contribution >= 4 is 34.2 Å². The minimum absolute atomic E-state index is 0.0924. The maximum atomic E-state index is 13.6. The van der Waals surface area contributed by atoms with Crippen LogP contribution in [0, 0.1) is 13.8 Å². The topological polar surface area (TPSA) is 84.9 Å². The molecule has 0 aliphatic carbocycles. The molecule has 238 valence electrons. The number of halogens is 3. The van der Waals surface area contributed by atoms with Crippen molar-refractivity contribution in [2.45, 2.75) is 84.2 Å². The minimum Gasteiger partial charge on any atom is -0.488 e. The Morgan fingerprint density at radius 2 is 1.91 bits per heavy atom. The first-order valence-electron chi connectivity index (χ1n) is 14.5. The summed E-state index contributed by atoms with van der Waals surface area (Å²) < 4.78 is 52.1. The average molecular weight is 633 g/mol. The number of aromatic nitrogens is 2. The van der Waals surface area contributed by atoms with E-state index in [9.17, 15) is 22.8 Å². The first kappa shape index (κ1) is 33.2. The summed E-state index contributed by atoms with van der Waals surface area (Å²) in [6, 6.07) is 4.55. The van der Waals surface area contributed by atoms with Crippen molar-refractivity contribution < 1.29 is 32.2 Å². The molecule has 1 aliphatic rings. The molecular weight excluding hydrogens is 593 g/mol. The van der Waals surface area contributed by atoms with Gasteiger partial charge in [-0.25, -0.2) is 14.8 Å². The van der Waals surface area contributed by atoms with Crippen LogP contribution in [-0.2, 0) is 15.7 Å². The van der Waals surface area contributed by atoms with Crippen LogP contribution in [0.4, 0.5) is 18.0 Å². The molecule has 2 atom stereocenters. The van der Waals surface area contributed by atoms with Crippen LogP contribution in [0.25, 0.3) is 21.6 Å². The standard InChI is InChI=1S/C32H39F3N4O4S/c1-8-9-10-11-14-38(7)29(40)24-15-21(17-39(24)30(41)43-31(4,5)6)42-25-16-23(28-37-26(18-44-28)32(33,34)35)36-27-20(3)19(2)12-13-22(25)27/h8,12-13,16,18,21,24H,1,9-11,14-15,17H2,2-7H3/t21?,24-/m1/s1. The van der Waals surface area contributed by atoms with Gasteiger partial charge in [-0.15, -0.1) is 17.9 Å². The first-order chi connectivity index (χ1) is 20.6. The number of ether oxygens (including phenoxy) is 2. The molecule has 3 heterocycles. The van der Waals surface area contributed by atoms with Gasteiger partial charge >= 0.3 is 12.3 Å². The number of nitrogens with zero attached hydrogens (tertiary/aromatic N) is 4. The van der Waals surface area contributed by atoms with Gasteiger partial charge in [0, 0.05) is 36.8 Å². The molecule has 0 bridgehead atoms.